The van der Waals surface area contributed by atoms with Gasteiger partial charge in [-0.15, -0.1) is 0 Å². The summed E-state index contributed by atoms with van der Waals surface area (Å²) in [6.07, 6.45) is 3.94. The summed E-state index contributed by atoms with van der Waals surface area (Å²) in [6, 6.07) is 2.43. The molecule has 0 aliphatic heterocycles. The van der Waals surface area contributed by atoms with Crippen LogP contribution in [0.3, 0.4) is 0 Å². The number of nitrogens with zero attached hydrogens (tertiary/aromatic N) is 4. The monoisotopic (exact) mass is 247 g/mol. The summed E-state index contributed by atoms with van der Waals surface area (Å²) in [5.74, 6) is 0. The van der Waals surface area contributed by atoms with Crippen molar-refractivity contribution >= 4 is 5.65 Å². The molecule has 0 spiro atoms. The van der Waals surface area contributed by atoms with E-state index in [4.69, 9.17) is 0 Å². The van der Waals surface area contributed by atoms with Gasteiger partial charge in [0.2, 0.25) is 0 Å². The molecule has 0 radical (unpaired) electrons. The Morgan fingerprint density at radius 3 is 2.94 bits per heavy atom. The second kappa shape index (κ2) is 5.46. The van der Waals surface area contributed by atoms with E-state index in [1.807, 2.05) is 29.9 Å². The zero-order valence-corrected chi connectivity index (χ0v) is 11.5. The maximum absolute atomic E-state index is 4.39. The van der Waals surface area contributed by atoms with E-state index in [9.17, 15) is 0 Å². The van der Waals surface area contributed by atoms with Crippen LogP contribution in [0.15, 0.2) is 18.5 Å². The molecule has 1 unspecified atom stereocenters. The highest BCUT2D eigenvalue weighted by Gasteiger charge is 2.04. The molecule has 1 atom stereocenters. The smallest absolute Gasteiger partial charge is 0.155 e. The Labute approximate surface area is 108 Å². The van der Waals surface area contributed by atoms with E-state index in [0.29, 0.717) is 6.04 Å². The predicted molar refractivity (Wildman–Crippen MR) is 72.6 cm³/mol. The summed E-state index contributed by atoms with van der Waals surface area (Å²) in [5.41, 5.74) is 3.04. The summed E-state index contributed by atoms with van der Waals surface area (Å²) < 4.78 is 1.84. The summed E-state index contributed by atoms with van der Waals surface area (Å²) in [6.45, 7) is 6.00. The molecular formula is C13H21N5. The van der Waals surface area contributed by atoms with Gasteiger partial charge in [0.05, 0.1) is 5.69 Å². The van der Waals surface area contributed by atoms with Gasteiger partial charge in [-0.3, -0.25) is 0 Å². The first-order valence-electron chi connectivity index (χ1n) is 6.23. The van der Waals surface area contributed by atoms with Crippen LogP contribution >= 0.6 is 0 Å². The standard InChI is InChI=1S/C13H21N5/c1-10-5-13-15-7-12(9-18(13)16-10)6-14-11(2)8-17(3)4/h5,7,9,11,14H,6,8H2,1-4H3. The normalized spacial score (nSPS) is 13.4. The lowest BCUT2D eigenvalue weighted by molar-refractivity contribution is 0.349. The van der Waals surface area contributed by atoms with Crippen molar-refractivity contribution in [2.75, 3.05) is 20.6 Å². The van der Waals surface area contributed by atoms with E-state index in [1.54, 1.807) is 0 Å². The Bertz CT molecular complexity index is 517. The lowest BCUT2D eigenvalue weighted by Crippen LogP contribution is -2.35. The van der Waals surface area contributed by atoms with Crippen molar-refractivity contribution in [3.63, 3.8) is 0 Å². The van der Waals surface area contributed by atoms with E-state index in [1.165, 1.54) is 0 Å². The van der Waals surface area contributed by atoms with E-state index >= 15 is 0 Å². The van der Waals surface area contributed by atoms with Crippen LogP contribution in [-0.2, 0) is 6.54 Å². The van der Waals surface area contributed by atoms with Crippen LogP contribution in [-0.4, -0.2) is 46.2 Å². The molecule has 2 rings (SSSR count). The van der Waals surface area contributed by atoms with Crippen LogP contribution in [0.5, 0.6) is 0 Å². The van der Waals surface area contributed by atoms with Gasteiger partial charge in [-0.2, -0.15) is 5.10 Å². The summed E-state index contributed by atoms with van der Waals surface area (Å²) in [5, 5.41) is 7.85. The van der Waals surface area contributed by atoms with Crippen LogP contribution < -0.4 is 5.32 Å². The van der Waals surface area contributed by atoms with Gasteiger partial charge in [0, 0.05) is 43.2 Å². The quantitative estimate of drug-likeness (QED) is 0.858. The molecule has 98 valence electrons. The third-order valence-electron chi connectivity index (χ3n) is 2.78. The Kier molecular flexibility index (Phi) is 3.93. The fraction of sp³-hybridized carbons (Fsp3) is 0.538. The van der Waals surface area contributed by atoms with Gasteiger partial charge in [0.25, 0.3) is 0 Å². The molecule has 0 aliphatic rings. The van der Waals surface area contributed by atoms with Crippen molar-refractivity contribution in [3.05, 3.63) is 29.7 Å². The Morgan fingerprint density at radius 1 is 1.44 bits per heavy atom. The van der Waals surface area contributed by atoms with Gasteiger partial charge in [0.1, 0.15) is 0 Å². The van der Waals surface area contributed by atoms with Crippen LogP contribution in [0.2, 0.25) is 0 Å². The van der Waals surface area contributed by atoms with Crippen molar-refractivity contribution in [3.8, 4) is 0 Å². The zero-order chi connectivity index (χ0) is 13.1. The minimum absolute atomic E-state index is 0.454. The Hall–Kier alpha value is -1.46. The number of aromatic nitrogens is 3. The molecule has 0 saturated carbocycles. The second-order valence-electron chi connectivity index (χ2n) is 5.09. The fourth-order valence-electron chi connectivity index (χ4n) is 2.03. The first kappa shape index (κ1) is 13.0. The SMILES string of the molecule is Cc1cc2ncc(CNC(C)CN(C)C)cn2n1. The van der Waals surface area contributed by atoms with E-state index in [2.05, 4.69) is 41.3 Å². The topological polar surface area (TPSA) is 45.5 Å². The number of rotatable bonds is 5. The van der Waals surface area contributed by atoms with Crippen molar-refractivity contribution in [2.45, 2.75) is 26.4 Å². The minimum atomic E-state index is 0.454. The van der Waals surface area contributed by atoms with Crippen LogP contribution in [0.1, 0.15) is 18.2 Å². The second-order valence-corrected chi connectivity index (χ2v) is 5.09. The maximum Gasteiger partial charge on any atom is 0.155 e. The summed E-state index contributed by atoms with van der Waals surface area (Å²) >= 11 is 0. The highest BCUT2D eigenvalue weighted by molar-refractivity contribution is 5.38. The molecule has 5 heteroatoms. The molecule has 0 bridgehead atoms. The average molecular weight is 247 g/mol. The van der Waals surface area contributed by atoms with Crippen molar-refractivity contribution in [2.24, 2.45) is 0 Å². The number of hydrogen-bond donors (Lipinski definition) is 1. The van der Waals surface area contributed by atoms with Crippen LogP contribution in [0, 0.1) is 6.92 Å². The lowest BCUT2D eigenvalue weighted by Gasteiger charge is -2.18. The third kappa shape index (κ3) is 3.27. The van der Waals surface area contributed by atoms with Gasteiger partial charge in [-0.25, -0.2) is 9.50 Å². The molecule has 0 aromatic carbocycles. The zero-order valence-electron chi connectivity index (χ0n) is 11.5. The summed E-state index contributed by atoms with van der Waals surface area (Å²) in [4.78, 5) is 6.57. The van der Waals surface area contributed by atoms with Gasteiger partial charge < -0.3 is 10.2 Å². The van der Waals surface area contributed by atoms with E-state index in [-0.39, 0.29) is 0 Å². The molecule has 0 saturated heterocycles. The number of hydrogen-bond acceptors (Lipinski definition) is 4. The third-order valence-corrected chi connectivity index (χ3v) is 2.78. The molecule has 2 aromatic heterocycles. The number of likely N-dealkylation sites (N-methyl/N-ethyl adjacent to an activating group) is 1. The van der Waals surface area contributed by atoms with Crippen LogP contribution in [0.4, 0.5) is 0 Å². The molecule has 2 aromatic rings. The van der Waals surface area contributed by atoms with Gasteiger partial charge >= 0.3 is 0 Å². The first-order valence-corrected chi connectivity index (χ1v) is 6.23. The molecule has 1 N–H and O–H groups in total. The van der Waals surface area contributed by atoms with E-state index in [0.717, 1.165) is 30.0 Å². The number of aryl methyl sites for hydroxylation is 1. The van der Waals surface area contributed by atoms with E-state index < -0.39 is 0 Å². The minimum Gasteiger partial charge on any atom is -0.309 e. The van der Waals surface area contributed by atoms with Crippen molar-refractivity contribution < 1.29 is 0 Å². The molecular weight excluding hydrogens is 226 g/mol. The van der Waals surface area contributed by atoms with Gasteiger partial charge in [-0.1, -0.05) is 0 Å². The molecule has 0 fully saturated rings. The predicted octanol–water partition coefficient (Wildman–Crippen LogP) is 1.08. The number of nitrogens with one attached hydrogen (secondary N) is 1. The summed E-state index contributed by atoms with van der Waals surface area (Å²) in [7, 11) is 4.16. The molecule has 18 heavy (non-hydrogen) atoms. The Balaban J connectivity index is 1.99. The Morgan fingerprint density at radius 2 is 2.22 bits per heavy atom. The van der Waals surface area contributed by atoms with Crippen molar-refractivity contribution in [1.82, 2.24) is 24.8 Å². The fourth-order valence-corrected chi connectivity index (χ4v) is 2.03. The highest BCUT2D eigenvalue weighted by atomic mass is 15.2. The largest absolute Gasteiger partial charge is 0.309 e. The van der Waals surface area contributed by atoms with Crippen LogP contribution in [0.25, 0.3) is 5.65 Å². The average Bonchev–Trinajstić information content (AvgIpc) is 2.64. The molecule has 5 nitrogen and oxygen atoms in total. The lowest BCUT2D eigenvalue weighted by atomic mass is 10.3. The number of fused-ring (bicyclic) bond motifs is 1. The molecule has 0 amide bonds. The molecule has 0 aliphatic carbocycles. The molecule has 2 heterocycles. The first-order chi connectivity index (χ1) is 8.54. The van der Waals surface area contributed by atoms with Crippen molar-refractivity contribution in [1.29, 1.82) is 0 Å². The highest BCUT2D eigenvalue weighted by Crippen LogP contribution is 2.04. The van der Waals surface area contributed by atoms with Gasteiger partial charge in [-0.05, 0) is 27.9 Å². The van der Waals surface area contributed by atoms with Gasteiger partial charge in [0.15, 0.2) is 5.65 Å². The maximum atomic E-state index is 4.39.